The second-order valence-corrected chi connectivity index (χ2v) is 3.87. The van der Waals surface area contributed by atoms with Crippen LogP contribution < -0.4 is 16.4 Å². The molecule has 0 fully saturated rings. The molecule has 1 aromatic rings. The minimum absolute atomic E-state index is 0.131. The molecule has 0 unspecified atom stereocenters. The summed E-state index contributed by atoms with van der Waals surface area (Å²) in [5.41, 5.74) is 4.63. The summed E-state index contributed by atoms with van der Waals surface area (Å²) in [6, 6.07) is 5.93. The predicted octanol–water partition coefficient (Wildman–Crippen LogP) is 2.61. The van der Waals surface area contributed by atoms with Gasteiger partial charge in [0.15, 0.2) is 0 Å². The Hall–Kier alpha value is -2.77. The van der Waals surface area contributed by atoms with Gasteiger partial charge in [0.25, 0.3) is 0 Å². The first kappa shape index (κ1) is 16.3. The normalized spacial score (nSPS) is 12.1. The fraction of sp³-hybridized carbons (Fsp3) is 0.0769. The molecule has 0 radical (unpaired) electrons. The molecule has 1 aromatic carbocycles. The van der Waals surface area contributed by atoms with Gasteiger partial charge in [-0.2, -0.15) is 13.2 Å². The molecule has 0 aliphatic rings. The number of hydrogen-bond donors (Lipinski definition) is 4. The number of nitrogens with one attached hydrogen (secondary N) is 3. The fourth-order valence-electron chi connectivity index (χ4n) is 1.40. The zero-order valence-electron chi connectivity index (χ0n) is 10.8. The molecule has 0 spiro atoms. The summed E-state index contributed by atoms with van der Waals surface area (Å²) in [5.74, 6) is -1.16. The number of benzene rings is 1. The van der Waals surface area contributed by atoms with Crippen LogP contribution in [0.5, 0.6) is 0 Å². The molecule has 0 aliphatic carbocycles. The van der Waals surface area contributed by atoms with Gasteiger partial charge >= 0.3 is 6.18 Å². The van der Waals surface area contributed by atoms with E-state index in [0.717, 1.165) is 6.08 Å². The minimum Gasteiger partial charge on any atom is -0.385 e. The lowest BCUT2D eigenvalue weighted by atomic mass is 10.2. The van der Waals surface area contributed by atoms with Crippen LogP contribution in [0.1, 0.15) is 0 Å². The van der Waals surface area contributed by atoms with Crippen LogP contribution in [0.3, 0.4) is 0 Å². The summed E-state index contributed by atoms with van der Waals surface area (Å²) < 4.78 is 37.7. The van der Waals surface area contributed by atoms with Gasteiger partial charge in [-0.25, -0.2) is 0 Å². The molecular weight excluding hydrogens is 285 g/mol. The lowest BCUT2D eigenvalue weighted by molar-refractivity contribution is -0.111. The third-order valence-electron chi connectivity index (χ3n) is 2.33. The number of hydrogen-bond acceptors (Lipinski definition) is 4. The zero-order valence-corrected chi connectivity index (χ0v) is 10.8. The molecule has 0 saturated heterocycles. The monoisotopic (exact) mass is 298 g/mol. The number of anilines is 2. The third-order valence-corrected chi connectivity index (χ3v) is 2.33. The molecule has 1 amide bonds. The lowest BCUT2D eigenvalue weighted by Crippen LogP contribution is -2.23. The maximum atomic E-state index is 12.6. The number of rotatable bonds is 5. The highest BCUT2D eigenvalue weighted by atomic mass is 19.4. The first-order valence-corrected chi connectivity index (χ1v) is 5.66. The van der Waals surface area contributed by atoms with E-state index >= 15 is 0 Å². The molecule has 5 nitrogen and oxygen atoms in total. The standard InChI is InChI=1S/C13H13F3N4O/c1-2-11(21)19-8-4-3-5-9(6-8)20-12(18)10(7-17)13(14,15)16/h2-7,17,20H,1,18H2,(H,19,21)/b12-10-,17-7?. The van der Waals surface area contributed by atoms with Crippen molar-refractivity contribution in [1.82, 2.24) is 0 Å². The predicted molar refractivity (Wildman–Crippen MR) is 74.9 cm³/mol. The van der Waals surface area contributed by atoms with Crippen molar-refractivity contribution in [2.24, 2.45) is 5.73 Å². The molecule has 0 atom stereocenters. The summed E-state index contributed by atoms with van der Waals surface area (Å²) in [7, 11) is 0. The molecule has 21 heavy (non-hydrogen) atoms. The molecule has 0 heterocycles. The van der Waals surface area contributed by atoms with Crippen molar-refractivity contribution in [3.05, 3.63) is 48.3 Å². The van der Waals surface area contributed by atoms with Gasteiger partial charge in [-0.05, 0) is 24.3 Å². The maximum Gasteiger partial charge on any atom is 0.421 e. The van der Waals surface area contributed by atoms with Gasteiger partial charge in [0, 0.05) is 17.6 Å². The Morgan fingerprint density at radius 3 is 2.33 bits per heavy atom. The number of carbonyl (C=O) groups is 1. The van der Waals surface area contributed by atoms with Crippen molar-refractivity contribution in [3.8, 4) is 0 Å². The highest BCUT2D eigenvalue weighted by molar-refractivity contribution is 5.99. The Morgan fingerprint density at radius 2 is 1.86 bits per heavy atom. The van der Waals surface area contributed by atoms with Crippen LogP contribution in [-0.2, 0) is 4.79 Å². The van der Waals surface area contributed by atoms with Crippen molar-refractivity contribution in [1.29, 1.82) is 5.41 Å². The summed E-state index contributed by atoms with van der Waals surface area (Å²) in [5, 5.41) is 11.6. The van der Waals surface area contributed by atoms with Crippen LogP contribution in [-0.4, -0.2) is 18.3 Å². The molecule has 0 bridgehead atoms. The molecule has 5 N–H and O–H groups in total. The summed E-state index contributed by atoms with van der Waals surface area (Å²) in [6.07, 6.45) is -3.54. The third kappa shape index (κ3) is 4.68. The maximum absolute atomic E-state index is 12.6. The van der Waals surface area contributed by atoms with Crippen LogP contribution in [0.4, 0.5) is 24.5 Å². The first-order valence-electron chi connectivity index (χ1n) is 5.66. The number of allylic oxidation sites excluding steroid dienone is 1. The van der Waals surface area contributed by atoms with Gasteiger partial charge < -0.3 is 21.8 Å². The topological polar surface area (TPSA) is 91.0 Å². The molecule has 0 saturated carbocycles. The van der Waals surface area contributed by atoms with Crippen molar-refractivity contribution >= 4 is 23.5 Å². The lowest BCUT2D eigenvalue weighted by Gasteiger charge is -2.13. The van der Waals surface area contributed by atoms with E-state index in [-0.39, 0.29) is 11.9 Å². The molecule has 8 heteroatoms. The number of alkyl halides is 3. The minimum atomic E-state index is -4.73. The van der Waals surface area contributed by atoms with Gasteiger partial charge in [-0.15, -0.1) is 0 Å². The SMILES string of the molecule is C=CC(=O)Nc1cccc(N/C(N)=C(/C=N)C(F)(F)F)c1. The smallest absolute Gasteiger partial charge is 0.385 e. The largest absolute Gasteiger partial charge is 0.421 e. The molecular formula is C13H13F3N4O. The number of nitrogens with two attached hydrogens (primary N) is 1. The van der Waals surface area contributed by atoms with Gasteiger partial charge in [0.1, 0.15) is 11.4 Å². The Bertz CT molecular complexity index is 593. The molecule has 112 valence electrons. The highest BCUT2D eigenvalue weighted by Crippen LogP contribution is 2.26. The summed E-state index contributed by atoms with van der Waals surface area (Å²) in [4.78, 5) is 11.1. The second kappa shape index (κ2) is 6.60. The van der Waals surface area contributed by atoms with E-state index in [4.69, 9.17) is 11.1 Å². The van der Waals surface area contributed by atoms with Crippen molar-refractivity contribution in [2.45, 2.75) is 6.18 Å². The Labute approximate surface area is 118 Å². The van der Waals surface area contributed by atoms with Gasteiger partial charge in [0.2, 0.25) is 5.91 Å². The van der Waals surface area contributed by atoms with Crippen molar-refractivity contribution in [2.75, 3.05) is 10.6 Å². The van der Waals surface area contributed by atoms with Crippen LogP contribution in [0.2, 0.25) is 0 Å². The number of amides is 1. The van der Waals surface area contributed by atoms with E-state index in [0.29, 0.717) is 5.69 Å². The van der Waals surface area contributed by atoms with E-state index in [1.165, 1.54) is 18.2 Å². The first-order chi connectivity index (χ1) is 9.77. The van der Waals surface area contributed by atoms with E-state index in [2.05, 4.69) is 17.2 Å². The van der Waals surface area contributed by atoms with Crippen LogP contribution >= 0.6 is 0 Å². The van der Waals surface area contributed by atoms with Gasteiger partial charge in [-0.3, -0.25) is 4.79 Å². The van der Waals surface area contributed by atoms with Crippen LogP contribution in [0.25, 0.3) is 0 Å². The Balaban J connectivity index is 3.00. The molecule has 0 aromatic heterocycles. The summed E-state index contributed by atoms with van der Waals surface area (Å²) >= 11 is 0. The quantitative estimate of drug-likeness (QED) is 0.497. The van der Waals surface area contributed by atoms with Crippen molar-refractivity contribution in [3.63, 3.8) is 0 Å². The molecule has 0 aliphatic heterocycles. The Morgan fingerprint density at radius 1 is 1.29 bits per heavy atom. The number of carbonyl (C=O) groups excluding carboxylic acids is 1. The van der Waals surface area contributed by atoms with Crippen molar-refractivity contribution < 1.29 is 18.0 Å². The van der Waals surface area contributed by atoms with Crippen LogP contribution in [0.15, 0.2) is 48.3 Å². The van der Waals surface area contributed by atoms with E-state index in [1.807, 2.05) is 0 Å². The number of halogens is 3. The van der Waals surface area contributed by atoms with E-state index in [1.54, 1.807) is 6.07 Å². The molecule has 1 rings (SSSR count). The van der Waals surface area contributed by atoms with E-state index < -0.39 is 23.5 Å². The van der Waals surface area contributed by atoms with Gasteiger partial charge in [0.05, 0.1) is 0 Å². The second-order valence-electron chi connectivity index (χ2n) is 3.87. The van der Waals surface area contributed by atoms with Crippen LogP contribution in [0, 0.1) is 5.41 Å². The zero-order chi connectivity index (χ0) is 16.0. The Kier molecular flexibility index (Phi) is 5.12. The average Bonchev–Trinajstić information content (AvgIpc) is 2.37. The van der Waals surface area contributed by atoms with Gasteiger partial charge in [-0.1, -0.05) is 12.6 Å². The van der Waals surface area contributed by atoms with E-state index in [9.17, 15) is 18.0 Å². The fourth-order valence-corrected chi connectivity index (χ4v) is 1.40. The highest BCUT2D eigenvalue weighted by Gasteiger charge is 2.34. The average molecular weight is 298 g/mol. The summed E-state index contributed by atoms with van der Waals surface area (Å²) in [6.45, 7) is 3.28.